The summed E-state index contributed by atoms with van der Waals surface area (Å²) >= 11 is 0. The second-order valence-electron chi connectivity index (χ2n) is 12.7. The highest BCUT2D eigenvalue weighted by atomic mass is 16.3. The summed E-state index contributed by atoms with van der Waals surface area (Å²) in [6, 6.07) is 30.5. The van der Waals surface area contributed by atoms with Crippen molar-refractivity contribution in [3.8, 4) is 0 Å². The average Bonchev–Trinajstić information content (AvgIpc) is 3.25. The number of hydrogen-bond donors (Lipinski definition) is 2. The number of fused-ring (bicyclic) bond motifs is 2. The Kier molecular flexibility index (Phi) is 7.83. The maximum absolute atomic E-state index is 13.9. The van der Waals surface area contributed by atoms with Gasteiger partial charge in [0.1, 0.15) is 5.60 Å². The summed E-state index contributed by atoms with van der Waals surface area (Å²) in [5.74, 6) is 0.131. The monoisotopic (exact) mass is 525 g/mol. The van der Waals surface area contributed by atoms with Crippen molar-refractivity contribution >= 4 is 5.78 Å². The van der Waals surface area contributed by atoms with Gasteiger partial charge in [0, 0.05) is 31.0 Å². The third-order valence-corrected chi connectivity index (χ3v) is 10.4. The number of hydrogen-bond acceptors (Lipinski definition) is 4. The second kappa shape index (κ2) is 11.0. The van der Waals surface area contributed by atoms with Crippen LogP contribution in [0.4, 0.5) is 0 Å². The Morgan fingerprint density at radius 3 is 1.77 bits per heavy atom. The largest absolute Gasteiger partial charge is 0.391 e. The van der Waals surface area contributed by atoms with Gasteiger partial charge in [0.05, 0.1) is 6.10 Å². The number of aliphatic hydroxyl groups excluding tert-OH is 1. The number of aliphatic hydroxyl groups is 2. The van der Waals surface area contributed by atoms with Gasteiger partial charge in [-0.2, -0.15) is 0 Å². The van der Waals surface area contributed by atoms with Gasteiger partial charge in [0.15, 0.2) is 5.78 Å². The van der Waals surface area contributed by atoms with E-state index in [0.29, 0.717) is 31.8 Å². The van der Waals surface area contributed by atoms with E-state index >= 15 is 0 Å². The van der Waals surface area contributed by atoms with E-state index < -0.39 is 17.1 Å². The summed E-state index contributed by atoms with van der Waals surface area (Å²) in [5.41, 5.74) is 1.48. The Morgan fingerprint density at radius 2 is 1.33 bits per heavy atom. The molecule has 0 spiro atoms. The van der Waals surface area contributed by atoms with Gasteiger partial charge in [-0.15, -0.1) is 0 Å². The fourth-order valence-corrected chi connectivity index (χ4v) is 7.48. The molecule has 0 radical (unpaired) electrons. The quantitative estimate of drug-likeness (QED) is 0.313. The van der Waals surface area contributed by atoms with Crippen LogP contribution in [0.1, 0.15) is 63.1 Å². The van der Waals surface area contributed by atoms with Crippen LogP contribution in [0.15, 0.2) is 91.0 Å². The molecule has 4 nitrogen and oxygen atoms in total. The van der Waals surface area contributed by atoms with Gasteiger partial charge < -0.3 is 10.2 Å². The number of nitrogens with zero attached hydrogens (tertiary/aromatic N) is 1. The SMILES string of the molecule is CC1(C)[C@@H]2CC[C@@]1(C)[C@@](O)(C(=O)C[C@@H](O)[C@H](Cc1ccccc1)N(Cc1ccccc1)Cc1ccccc1)C2. The Balaban J connectivity index is 1.45. The molecule has 0 unspecified atom stereocenters. The van der Waals surface area contributed by atoms with E-state index in [9.17, 15) is 15.0 Å². The summed E-state index contributed by atoms with van der Waals surface area (Å²) in [7, 11) is 0. The molecule has 3 aromatic carbocycles. The minimum atomic E-state index is -1.39. The molecule has 2 N–H and O–H groups in total. The highest BCUT2D eigenvalue weighted by Crippen LogP contribution is 2.70. The van der Waals surface area contributed by atoms with Crippen molar-refractivity contribution < 1.29 is 15.0 Å². The first-order valence-electron chi connectivity index (χ1n) is 14.4. The van der Waals surface area contributed by atoms with E-state index in [1.54, 1.807) is 0 Å². The van der Waals surface area contributed by atoms with Crippen LogP contribution in [-0.4, -0.2) is 38.6 Å². The van der Waals surface area contributed by atoms with Gasteiger partial charge in [0.2, 0.25) is 0 Å². The van der Waals surface area contributed by atoms with E-state index in [1.807, 2.05) is 54.6 Å². The van der Waals surface area contributed by atoms with Crippen LogP contribution in [0, 0.1) is 16.7 Å². The fourth-order valence-electron chi connectivity index (χ4n) is 7.48. The molecule has 0 aliphatic heterocycles. The number of ketones is 1. The molecular weight excluding hydrogens is 482 g/mol. The maximum Gasteiger partial charge on any atom is 0.167 e. The van der Waals surface area contributed by atoms with Crippen molar-refractivity contribution in [1.82, 2.24) is 4.90 Å². The number of carbonyl (C=O) groups is 1. The molecule has 0 heterocycles. The first kappa shape index (κ1) is 27.8. The summed E-state index contributed by atoms with van der Waals surface area (Å²) < 4.78 is 0. The molecule has 2 saturated carbocycles. The Bertz CT molecular complexity index is 1200. The highest BCUT2D eigenvalue weighted by molar-refractivity contribution is 5.89. The summed E-state index contributed by atoms with van der Waals surface area (Å²) in [4.78, 5) is 16.2. The standard InChI is InChI=1S/C35H43NO3/c1-33(2)29-19-20-34(33,3)35(39,23-29)32(38)22-31(37)30(21-26-13-7-4-8-14-26)36(24-27-15-9-5-10-16-27)25-28-17-11-6-12-18-28/h4-18,29-31,37,39H,19-25H2,1-3H3/t29-,30+,31-,34-,35+/m1/s1. The molecule has 2 aliphatic carbocycles. The highest BCUT2D eigenvalue weighted by Gasteiger charge is 2.70. The molecule has 0 aromatic heterocycles. The number of Topliss-reactive ketones (excluding diaryl/α,β-unsaturated/α-hetero) is 1. The molecule has 3 aromatic rings. The van der Waals surface area contributed by atoms with Gasteiger partial charge in [-0.05, 0) is 53.7 Å². The van der Waals surface area contributed by atoms with Gasteiger partial charge in [-0.25, -0.2) is 0 Å². The van der Waals surface area contributed by atoms with Crippen molar-refractivity contribution in [2.75, 3.05) is 0 Å². The van der Waals surface area contributed by atoms with Crippen molar-refractivity contribution in [1.29, 1.82) is 0 Å². The minimum Gasteiger partial charge on any atom is -0.391 e. The first-order valence-corrected chi connectivity index (χ1v) is 14.4. The van der Waals surface area contributed by atoms with Crippen LogP contribution in [0.5, 0.6) is 0 Å². The second-order valence-corrected chi connectivity index (χ2v) is 12.7. The van der Waals surface area contributed by atoms with Gasteiger partial charge in [-0.3, -0.25) is 9.69 Å². The zero-order valence-corrected chi connectivity index (χ0v) is 23.6. The number of carbonyl (C=O) groups excluding carboxylic acids is 1. The average molecular weight is 526 g/mol. The lowest BCUT2D eigenvalue weighted by Gasteiger charge is -2.45. The smallest absolute Gasteiger partial charge is 0.167 e. The van der Waals surface area contributed by atoms with Crippen LogP contribution in [0.2, 0.25) is 0 Å². The minimum absolute atomic E-state index is 0.0491. The maximum atomic E-state index is 13.9. The first-order chi connectivity index (χ1) is 18.6. The summed E-state index contributed by atoms with van der Waals surface area (Å²) in [5, 5.41) is 23.8. The molecule has 39 heavy (non-hydrogen) atoms. The molecule has 5 atom stereocenters. The van der Waals surface area contributed by atoms with Crippen molar-refractivity contribution in [2.45, 2.75) is 83.7 Å². The van der Waals surface area contributed by atoms with Gasteiger partial charge in [-0.1, -0.05) is 112 Å². The predicted molar refractivity (Wildman–Crippen MR) is 156 cm³/mol. The fraction of sp³-hybridized carbons (Fsp3) is 0.457. The van der Waals surface area contributed by atoms with E-state index in [2.05, 4.69) is 62.1 Å². The molecule has 5 rings (SSSR count). The van der Waals surface area contributed by atoms with Crippen LogP contribution in [0.3, 0.4) is 0 Å². The summed E-state index contributed by atoms with van der Waals surface area (Å²) in [6.45, 7) is 7.78. The zero-order chi connectivity index (χ0) is 27.7. The van der Waals surface area contributed by atoms with Crippen molar-refractivity contribution in [3.05, 3.63) is 108 Å². The van der Waals surface area contributed by atoms with Crippen LogP contribution >= 0.6 is 0 Å². The Morgan fingerprint density at radius 1 is 0.846 bits per heavy atom. The molecule has 0 saturated heterocycles. The number of benzene rings is 3. The van der Waals surface area contributed by atoms with Crippen molar-refractivity contribution in [2.24, 2.45) is 16.7 Å². The molecule has 2 bridgehead atoms. The third-order valence-electron chi connectivity index (χ3n) is 10.4. The normalized spacial score (nSPS) is 27.0. The Labute approximate surface area is 233 Å². The molecular formula is C35H43NO3. The van der Waals surface area contributed by atoms with Crippen LogP contribution < -0.4 is 0 Å². The predicted octanol–water partition coefficient (Wildman–Crippen LogP) is 6.20. The van der Waals surface area contributed by atoms with Crippen LogP contribution in [0.25, 0.3) is 0 Å². The molecule has 0 amide bonds. The van der Waals surface area contributed by atoms with Gasteiger partial charge >= 0.3 is 0 Å². The number of rotatable bonds is 11. The summed E-state index contributed by atoms with van der Waals surface area (Å²) in [6.07, 6.45) is 2.05. The van der Waals surface area contributed by atoms with Gasteiger partial charge in [0.25, 0.3) is 0 Å². The van der Waals surface area contributed by atoms with E-state index in [4.69, 9.17) is 0 Å². The lowest BCUT2D eigenvalue weighted by Crippen LogP contribution is -2.55. The van der Waals surface area contributed by atoms with Crippen molar-refractivity contribution in [3.63, 3.8) is 0 Å². The topological polar surface area (TPSA) is 60.8 Å². The van der Waals surface area contributed by atoms with E-state index in [-0.39, 0.29) is 23.7 Å². The van der Waals surface area contributed by atoms with E-state index in [0.717, 1.165) is 29.5 Å². The molecule has 2 fully saturated rings. The van der Waals surface area contributed by atoms with E-state index in [1.165, 1.54) is 0 Å². The molecule has 4 heteroatoms. The Hall–Kier alpha value is -2.79. The third kappa shape index (κ3) is 5.23. The molecule has 206 valence electrons. The zero-order valence-electron chi connectivity index (χ0n) is 23.6. The molecule has 2 aliphatic rings. The van der Waals surface area contributed by atoms with Crippen LogP contribution in [-0.2, 0) is 24.3 Å². The lowest BCUT2D eigenvalue weighted by atomic mass is 9.62. The lowest BCUT2D eigenvalue weighted by molar-refractivity contribution is -0.158.